The van der Waals surface area contributed by atoms with Gasteiger partial charge in [-0.1, -0.05) is 0 Å². The first-order chi connectivity index (χ1) is 10.1. The first kappa shape index (κ1) is 15.3. The van der Waals surface area contributed by atoms with Crippen LogP contribution >= 0.6 is 0 Å². The number of hydrogen-bond acceptors (Lipinski definition) is 3. The van der Waals surface area contributed by atoms with Crippen LogP contribution in [0.25, 0.3) is 0 Å². The van der Waals surface area contributed by atoms with Gasteiger partial charge in [0.15, 0.2) is 0 Å². The standard InChI is InChI=1S/C14H23N5O2/c1-12(20)18-6-3-7-19(9-8-18)14(21)15-5-4-13-10-16-17(2)11-13/h10-11H,3-9H2,1-2H3,(H,15,21). The lowest BCUT2D eigenvalue weighted by molar-refractivity contribution is -0.128. The number of hydrogen-bond donors (Lipinski definition) is 1. The maximum atomic E-state index is 12.1. The predicted molar refractivity (Wildman–Crippen MR) is 78.8 cm³/mol. The van der Waals surface area contributed by atoms with Crippen molar-refractivity contribution < 1.29 is 9.59 Å². The Morgan fingerprint density at radius 3 is 2.62 bits per heavy atom. The Kier molecular flexibility index (Phi) is 5.19. The van der Waals surface area contributed by atoms with Gasteiger partial charge in [0.1, 0.15) is 0 Å². The van der Waals surface area contributed by atoms with Crippen LogP contribution < -0.4 is 5.32 Å². The number of nitrogens with zero attached hydrogens (tertiary/aromatic N) is 4. The van der Waals surface area contributed by atoms with Crippen LogP contribution in [0.15, 0.2) is 12.4 Å². The van der Waals surface area contributed by atoms with Crippen molar-refractivity contribution in [2.45, 2.75) is 19.8 Å². The number of nitrogens with one attached hydrogen (secondary N) is 1. The summed E-state index contributed by atoms with van der Waals surface area (Å²) in [6.45, 7) is 4.81. The van der Waals surface area contributed by atoms with E-state index in [2.05, 4.69) is 10.4 Å². The number of carbonyl (C=O) groups excluding carboxylic acids is 2. The van der Waals surface area contributed by atoms with E-state index in [1.165, 1.54) is 0 Å². The number of urea groups is 1. The molecule has 0 aliphatic carbocycles. The van der Waals surface area contributed by atoms with Gasteiger partial charge in [0, 0.05) is 52.9 Å². The van der Waals surface area contributed by atoms with Gasteiger partial charge in [-0.2, -0.15) is 5.10 Å². The zero-order chi connectivity index (χ0) is 15.2. The molecule has 1 aromatic rings. The molecule has 1 saturated heterocycles. The first-order valence-corrected chi connectivity index (χ1v) is 7.32. The molecule has 1 fully saturated rings. The number of aromatic nitrogens is 2. The molecule has 7 heteroatoms. The smallest absolute Gasteiger partial charge is 0.317 e. The second kappa shape index (κ2) is 7.10. The number of carbonyl (C=O) groups is 2. The molecule has 2 rings (SSSR count). The topological polar surface area (TPSA) is 70.5 Å². The molecule has 1 aliphatic heterocycles. The van der Waals surface area contributed by atoms with E-state index in [1.807, 2.05) is 19.4 Å². The summed E-state index contributed by atoms with van der Waals surface area (Å²) in [6.07, 6.45) is 5.36. The molecule has 0 radical (unpaired) electrons. The summed E-state index contributed by atoms with van der Waals surface area (Å²) in [4.78, 5) is 27.0. The molecule has 0 spiro atoms. The van der Waals surface area contributed by atoms with Crippen LogP contribution in [0.3, 0.4) is 0 Å². The Morgan fingerprint density at radius 1 is 1.24 bits per heavy atom. The van der Waals surface area contributed by atoms with Gasteiger partial charge in [0.25, 0.3) is 0 Å². The molecule has 3 amide bonds. The fraction of sp³-hybridized carbons (Fsp3) is 0.643. The minimum absolute atomic E-state index is 0.0516. The quantitative estimate of drug-likeness (QED) is 0.867. The number of amides is 3. The lowest BCUT2D eigenvalue weighted by Crippen LogP contribution is -2.43. The van der Waals surface area contributed by atoms with Crippen molar-refractivity contribution in [2.24, 2.45) is 7.05 Å². The molecule has 1 aromatic heterocycles. The molecule has 1 N–H and O–H groups in total. The van der Waals surface area contributed by atoms with E-state index in [1.54, 1.807) is 21.4 Å². The highest BCUT2D eigenvalue weighted by atomic mass is 16.2. The van der Waals surface area contributed by atoms with Crippen molar-refractivity contribution in [1.82, 2.24) is 24.9 Å². The van der Waals surface area contributed by atoms with E-state index in [0.29, 0.717) is 26.2 Å². The van der Waals surface area contributed by atoms with Crippen molar-refractivity contribution >= 4 is 11.9 Å². The molecular weight excluding hydrogens is 270 g/mol. The normalized spacial score (nSPS) is 15.7. The summed E-state index contributed by atoms with van der Waals surface area (Å²) in [5.41, 5.74) is 1.11. The molecule has 1 aliphatic rings. The molecule has 0 atom stereocenters. The van der Waals surface area contributed by atoms with Gasteiger partial charge < -0.3 is 15.1 Å². The maximum absolute atomic E-state index is 12.1. The summed E-state index contributed by atoms with van der Waals surface area (Å²) >= 11 is 0. The fourth-order valence-electron chi connectivity index (χ4n) is 2.46. The van der Waals surface area contributed by atoms with Gasteiger partial charge in [-0.3, -0.25) is 9.48 Å². The van der Waals surface area contributed by atoms with Crippen molar-refractivity contribution in [2.75, 3.05) is 32.7 Å². The van der Waals surface area contributed by atoms with E-state index < -0.39 is 0 Å². The molecule has 116 valence electrons. The van der Waals surface area contributed by atoms with E-state index in [4.69, 9.17) is 0 Å². The molecule has 0 unspecified atom stereocenters. The Labute approximate surface area is 124 Å². The second-order valence-corrected chi connectivity index (χ2v) is 5.35. The fourth-order valence-corrected chi connectivity index (χ4v) is 2.46. The molecule has 0 bridgehead atoms. The SMILES string of the molecule is CC(=O)N1CCCN(C(=O)NCCc2cnn(C)c2)CC1. The number of aryl methyl sites for hydroxylation is 1. The molecule has 0 aromatic carbocycles. The van der Waals surface area contributed by atoms with Crippen molar-refractivity contribution in [1.29, 1.82) is 0 Å². The Morgan fingerprint density at radius 2 is 1.95 bits per heavy atom. The summed E-state index contributed by atoms with van der Waals surface area (Å²) in [5.74, 6) is 0.0776. The van der Waals surface area contributed by atoms with Crippen LogP contribution in [-0.4, -0.2) is 64.2 Å². The third-order valence-corrected chi connectivity index (χ3v) is 3.68. The first-order valence-electron chi connectivity index (χ1n) is 7.32. The minimum Gasteiger partial charge on any atom is -0.341 e. The minimum atomic E-state index is -0.0516. The van der Waals surface area contributed by atoms with Crippen LogP contribution in [0.4, 0.5) is 4.79 Å². The maximum Gasteiger partial charge on any atom is 0.317 e. The van der Waals surface area contributed by atoms with Gasteiger partial charge in [-0.25, -0.2) is 4.79 Å². The van der Waals surface area contributed by atoms with Gasteiger partial charge in [0.2, 0.25) is 5.91 Å². The average molecular weight is 293 g/mol. The molecule has 7 nitrogen and oxygen atoms in total. The molecule has 0 saturated carbocycles. The number of rotatable bonds is 3. The van der Waals surface area contributed by atoms with Gasteiger partial charge in [-0.15, -0.1) is 0 Å². The summed E-state index contributed by atoms with van der Waals surface area (Å²) in [5, 5.41) is 7.03. The summed E-state index contributed by atoms with van der Waals surface area (Å²) in [6, 6.07) is -0.0516. The summed E-state index contributed by atoms with van der Waals surface area (Å²) in [7, 11) is 1.88. The Hall–Kier alpha value is -2.05. The molecule has 2 heterocycles. The van der Waals surface area contributed by atoms with E-state index >= 15 is 0 Å². The van der Waals surface area contributed by atoms with E-state index in [-0.39, 0.29) is 11.9 Å². The zero-order valence-corrected chi connectivity index (χ0v) is 12.7. The highest BCUT2D eigenvalue weighted by molar-refractivity contribution is 5.75. The van der Waals surface area contributed by atoms with Crippen molar-refractivity contribution in [3.8, 4) is 0 Å². The summed E-state index contributed by atoms with van der Waals surface area (Å²) < 4.78 is 1.75. The third kappa shape index (κ3) is 4.47. The van der Waals surface area contributed by atoms with Gasteiger partial charge in [-0.05, 0) is 18.4 Å². The average Bonchev–Trinajstić information content (AvgIpc) is 2.72. The van der Waals surface area contributed by atoms with Crippen LogP contribution in [0.2, 0.25) is 0 Å². The Balaban J connectivity index is 1.74. The lowest BCUT2D eigenvalue weighted by Gasteiger charge is -2.21. The predicted octanol–water partition coefficient (Wildman–Crippen LogP) is 0.226. The van der Waals surface area contributed by atoms with Crippen molar-refractivity contribution in [3.63, 3.8) is 0 Å². The van der Waals surface area contributed by atoms with Gasteiger partial charge >= 0.3 is 6.03 Å². The highest BCUT2D eigenvalue weighted by Gasteiger charge is 2.19. The highest BCUT2D eigenvalue weighted by Crippen LogP contribution is 2.04. The lowest BCUT2D eigenvalue weighted by atomic mass is 10.2. The zero-order valence-electron chi connectivity index (χ0n) is 12.7. The molecular formula is C14H23N5O2. The second-order valence-electron chi connectivity index (χ2n) is 5.35. The monoisotopic (exact) mass is 293 g/mol. The van der Waals surface area contributed by atoms with Crippen molar-refractivity contribution in [3.05, 3.63) is 18.0 Å². The largest absolute Gasteiger partial charge is 0.341 e. The van der Waals surface area contributed by atoms with E-state index in [0.717, 1.165) is 24.9 Å². The van der Waals surface area contributed by atoms with E-state index in [9.17, 15) is 9.59 Å². The third-order valence-electron chi connectivity index (χ3n) is 3.68. The van der Waals surface area contributed by atoms with Crippen LogP contribution in [0.5, 0.6) is 0 Å². The van der Waals surface area contributed by atoms with Crippen LogP contribution in [0, 0.1) is 0 Å². The van der Waals surface area contributed by atoms with Crippen LogP contribution in [0.1, 0.15) is 18.9 Å². The van der Waals surface area contributed by atoms with Gasteiger partial charge in [0.05, 0.1) is 6.20 Å². The molecule has 21 heavy (non-hydrogen) atoms. The van der Waals surface area contributed by atoms with Crippen LogP contribution in [-0.2, 0) is 18.3 Å². The Bertz CT molecular complexity index is 499.